The summed E-state index contributed by atoms with van der Waals surface area (Å²) >= 11 is 2.99. The molecule has 0 aliphatic rings. The number of hydrogen-bond donors (Lipinski definition) is 1. The van der Waals surface area contributed by atoms with E-state index in [1.807, 2.05) is 0 Å². The molecule has 0 saturated carbocycles. The molecule has 0 fully saturated rings. The highest BCUT2D eigenvalue weighted by atomic mass is 79.9. The molecule has 1 aromatic carbocycles. The normalized spacial score (nSPS) is 9.72. The largest absolute Gasteiger partial charge is 0.465 e. The first-order chi connectivity index (χ1) is 8.36. The minimum absolute atomic E-state index is 0.0825. The lowest BCUT2D eigenvalue weighted by Gasteiger charge is -2.07. The molecule has 1 N–H and O–H groups in total. The first-order valence-electron chi connectivity index (χ1n) is 4.70. The SMILES string of the molecule is COC(=O)c1cc(NC(C)=O)cc(Br)c1[N+](=O)[O-]. The van der Waals surface area contributed by atoms with E-state index in [4.69, 9.17) is 0 Å². The van der Waals surface area contributed by atoms with Gasteiger partial charge in [-0.3, -0.25) is 14.9 Å². The fourth-order valence-electron chi connectivity index (χ4n) is 1.33. The number of amides is 1. The maximum Gasteiger partial charge on any atom is 0.345 e. The predicted octanol–water partition coefficient (Wildman–Crippen LogP) is 2.10. The molecule has 18 heavy (non-hydrogen) atoms. The topological polar surface area (TPSA) is 98.5 Å². The Morgan fingerprint density at radius 3 is 2.50 bits per heavy atom. The second-order valence-electron chi connectivity index (χ2n) is 3.28. The molecule has 96 valence electrons. The third-order valence-corrected chi connectivity index (χ3v) is 2.58. The van der Waals surface area contributed by atoms with Crippen LogP contribution >= 0.6 is 15.9 Å². The highest BCUT2D eigenvalue weighted by Crippen LogP contribution is 2.32. The van der Waals surface area contributed by atoms with Gasteiger partial charge in [-0.25, -0.2) is 4.79 Å². The molecule has 1 rings (SSSR count). The Kier molecular flexibility index (Phi) is 4.38. The van der Waals surface area contributed by atoms with Gasteiger partial charge in [0.25, 0.3) is 5.69 Å². The molecule has 0 aliphatic carbocycles. The molecule has 0 radical (unpaired) electrons. The van der Waals surface area contributed by atoms with Crippen LogP contribution in [0.25, 0.3) is 0 Å². The van der Waals surface area contributed by atoms with E-state index in [-0.39, 0.29) is 21.6 Å². The van der Waals surface area contributed by atoms with Gasteiger partial charge in [0.1, 0.15) is 5.56 Å². The number of nitro groups is 1. The van der Waals surface area contributed by atoms with E-state index in [1.165, 1.54) is 19.1 Å². The summed E-state index contributed by atoms with van der Waals surface area (Å²) in [7, 11) is 1.12. The second kappa shape index (κ2) is 5.58. The molecular formula is C10H9BrN2O5. The van der Waals surface area contributed by atoms with E-state index in [0.29, 0.717) is 0 Å². The van der Waals surface area contributed by atoms with Gasteiger partial charge in [0.2, 0.25) is 5.91 Å². The fourth-order valence-corrected chi connectivity index (χ4v) is 1.93. The molecule has 0 aromatic heterocycles. The van der Waals surface area contributed by atoms with Gasteiger partial charge in [-0.05, 0) is 28.1 Å². The van der Waals surface area contributed by atoms with Crippen molar-refractivity contribution in [2.45, 2.75) is 6.92 Å². The fraction of sp³-hybridized carbons (Fsp3) is 0.200. The molecule has 1 aromatic rings. The van der Waals surface area contributed by atoms with Crippen molar-refractivity contribution < 1.29 is 19.2 Å². The zero-order valence-electron chi connectivity index (χ0n) is 9.52. The van der Waals surface area contributed by atoms with Gasteiger partial charge in [0, 0.05) is 12.6 Å². The predicted molar refractivity (Wildman–Crippen MR) is 66.4 cm³/mol. The van der Waals surface area contributed by atoms with Crippen molar-refractivity contribution in [1.29, 1.82) is 0 Å². The lowest BCUT2D eigenvalue weighted by molar-refractivity contribution is -0.386. The summed E-state index contributed by atoms with van der Waals surface area (Å²) in [5.74, 6) is -1.21. The van der Waals surface area contributed by atoms with Gasteiger partial charge in [-0.1, -0.05) is 0 Å². The van der Waals surface area contributed by atoms with Crippen molar-refractivity contribution in [3.05, 3.63) is 32.3 Å². The number of carbonyl (C=O) groups excluding carboxylic acids is 2. The van der Waals surface area contributed by atoms with Crippen molar-refractivity contribution in [2.75, 3.05) is 12.4 Å². The smallest absolute Gasteiger partial charge is 0.345 e. The van der Waals surface area contributed by atoms with Crippen LogP contribution in [0.15, 0.2) is 16.6 Å². The average Bonchev–Trinajstić information content (AvgIpc) is 2.25. The van der Waals surface area contributed by atoms with Gasteiger partial charge in [-0.15, -0.1) is 0 Å². The minimum atomic E-state index is -0.852. The summed E-state index contributed by atoms with van der Waals surface area (Å²) in [6, 6.07) is 2.53. The van der Waals surface area contributed by atoms with Crippen LogP contribution < -0.4 is 5.32 Å². The van der Waals surface area contributed by atoms with Crippen LogP contribution in [0.5, 0.6) is 0 Å². The van der Waals surface area contributed by atoms with Gasteiger partial charge in [0.15, 0.2) is 0 Å². The number of benzene rings is 1. The molecule has 0 aliphatic heterocycles. The lowest BCUT2D eigenvalue weighted by Crippen LogP contribution is -2.10. The number of methoxy groups -OCH3 is 1. The summed E-state index contributed by atoms with van der Waals surface area (Å²) in [5, 5.41) is 13.3. The van der Waals surface area contributed by atoms with E-state index in [2.05, 4.69) is 26.0 Å². The summed E-state index contributed by atoms with van der Waals surface area (Å²) in [5.41, 5.74) is -0.378. The maximum absolute atomic E-state index is 11.5. The van der Waals surface area contributed by atoms with E-state index >= 15 is 0 Å². The Balaban J connectivity index is 3.41. The van der Waals surface area contributed by atoms with Crippen LogP contribution in [-0.4, -0.2) is 23.9 Å². The first-order valence-corrected chi connectivity index (χ1v) is 5.50. The number of rotatable bonds is 3. The minimum Gasteiger partial charge on any atom is -0.465 e. The van der Waals surface area contributed by atoms with Crippen LogP contribution in [0.1, 0.15) is 17.3 Å². The van der Waals surface area contributed by atoms with Crippen LogP contribution in [0.2, 0.25) is 0 Å². The average molecular weight is 317 g/mol. The molecule has 0 atom stereocenters. The van der Waals surface area contributed by atoms with Crippen LogP contribution in [0.4, 0.5) is 11.4 Å². The van der Waals surface area contributed by atoms with E-state index < -0.39 is 16.6 Å². The van der Waals surface area contributed by atoms with Gasteiger partial charge in [-0.2, -0.15) is 0 Å². The maximum atomic E-state index is 11.5. The molecular weight excluding hydrogens is 308 g/mol. The van der Waals surface area contributed by atoms with Crippen LogP contribution in [0.3, 0.4) is 0 Å². The van der Waals surface area contributed by atoms with E-state index in [1.54, 1.807) is 0 Å². The zero-order valence-corrected chi connectivity index (χ0v) is 11.1. The number of ether oxygens (including phenoxy) is 1. The molecule has 1 amide bonds. The summed E-state index contributed by atoms with van der Waals surface area (Å²) in [4.78, 5) is 32.6. The molecule has 0 saturated heterocycles. The Hall–Kier alpha value is -1.96. The quantitative estimate of drug-likeness (QED) is 0.523. The number of esters is 1. The Morgan fingerprint density at radius 1 is 1.44 bits per heavy atom. The number of nitrogens with one attached hydrogen (secondary N) is 1. The van der Waals surface area contributed by atoms with E-state index in [9.17, 15) is 19.7 Å². The zero-order chi connectivity index (χ0) is 13.9. The third kappa shape index (κ3) is 3.04. The molecule has 0 unspecified atom stereocenters. The van der Waals surface area contributed by atoms with E-state index in [0.717, 1.165) is 7.11 Å². The van der Waals surface area contributed by atoms with Crippen molar-refractivity contribution in [2.24, 2.45) is 0 Å². The monoisotopic (exact) mass is 316 g/mol. The summed E-state index contributed by atoms with van der Waals surface area (Å²) in [6.45, 7) is 1.28. The van der Waals surface area contributed by atoms with Crippen molar-refractivity contribution in [1.82, 2.24) is 0 Å². The van der Waals surface area contributed by atoms with Crippen molar-refractivity contribution in [3.63, 3.8) is 0 Å². The standard InChI is InChI=1S/C10H9BrN2O5/c1-5(14)12-6-3-7(10(15)18-2)9(13(16)17)8(11)4-6/h3-4H,1-2H3,(H,12,14). The highest BCUT2D eigenvalue weighted by Gasteiger charge is 2.25. The summed E-state index contributed by atoms with van der Waals surface area (Å²) in [6.07, 6.45) is 0. The number of hydrogen-bond acceptors (Lipinski definition) is 5. The number of halogens is 1. The number of nitrogens with zero attached hydrogens (tertiary/aromatic N) is 1. The highest BCUT2D eigenvalue weighted by molar-refractivity contribution is 9.10. The Morgan fingerprint density at radius 2 is 2.06 bits per heavy atom. The number of anilines is 1. The molecule has 0 spiro atoms. The molecule has 0 heterocycles. The lowest BCUT2D eigenvalue weighted by atomic mass is 10.1. The second-order valence-corrected chi connectivity index (χ2v) is 4.14. The first kappa shape index (κ1) is 14.1. The number of carbonyl (C=O) groups is 2. The van der Waals surface area contributed by atoms with Crippen LogP contribution in [-0.2, 0) is 9.53 Å². The molecule has 7 nitrogen and oxygen atoms in total. The third-order valence-electron chi connectivity index (χ3n) is 1.97. The Labute approximate surface area is 110 Å². The van der Waals surface area contributed by atoms with Gasteiger partial charge < -0.3 is 10.1 Å². The Bertz CT molecular complexity index is 529. The molecule has 0 bridgehead atoms. The molecule has 8 heteroatoms. The van der Waals surface area contributed by atoms with Crippen molar-refractivity contribution >= 4 is 39.2 Å². The van der Waals surface area contributed by atoms with Crippen molar-refractivity contribution in [3.8, 4) is 0 Å². The van der Waals surface area contributed by atoms with Gasteiger partial charge >= 0.3 is 5.97 Å². The van der Waals surface area contributed by atoms with Gasteiger partial charge in [0.05, 0.1) is 16.5 Å². The summed E-state index contributed by atoms with van der Waals surface area (Å²) < 4.78 is 4.55. The number of nitro benzene ring substituents is 1. The van der Waals surface area contributed by atoms with Crippen LogP contribution in [0, 0.1) is 10.1 Å².